The number of benzene rings is 2. The Hall–Kier alpha value is -3.41. The SMILES string of the molecule is CC(C)n1ncc2cc(NC(=O)c3cc4ccccc4cc3O)cnc21. The maximum Gasteiger partial charge on any atom is 0.259 e. The Labute approximate surface area is 150 Å². The smallest absolute Gasteiger partial charge is 0.259 e. The van der Waals surface area contributed by atoms with Crippen molar-refractivity contribution in [2.75, 3.05) is 5.32 Å². The molecule has 0 fully saturated rings. The van der Waals surface area contributed by atoms with E-state index in [0.717, 1.165) is 21.8 Å². The Bertz CT molecular complexity index is 1130. The van der Waals surface area contributed by atoms with Crippen LogP contribution >= 0.6 is 0 Å². The minimum Gasteiger partial charge on any atom is -0.507 e. The lowest BCUT2D eigenvalue weighted by molar-refractivity contribution is 0.102. The van der Waals surface area contributed by atoms with Crippen molar-refractivity contribution in [2.24, 2.45) is 0 Å². The molecular weight excluding hydrogens is 328 g/mol. The van der Waals surface area contributed by atoms with Gasteiger partial charge in [-0.25, -0.2) is 9.67 Å². The molecule has 0 saturated heterocycles. The average Bonchev–Trinajstić information content (AvgIpc) is 3.04. The molecule has 4 aromatic rings. The van der Waals surface area contributed by atoms with Gasteiger partial charge in [-0.15, -0.1) is 0 Å². The molecule has 0 aliphatic heterocycles. The van der Waals surface area contributed by atoms with E-state index in [-0.39, 0.29) is 23.3 Å². The number of pyridine rings is 1. The Morgan fingerprint density at radius 3 is 2.54 bits per heavy atom. The summed E-state index contributed by atoms with van der Waals surface area (Å²) in [5, 5.41) is 19.9. The predicted octanol–water partition coefficient (Wildman–Crippen LogP) is 4.12. The lowest BCUT2D eigenvalue weighted by Crippen LogP contribution is -2.12. The number of phenolic OH excluding ortho intramolecular Hbond substituents is 1. The number of aromatic hydroxyl groups is 1. The summed E-state index contributed by atoms with van der Waals surface area (Å²) in [6.45, 7) is 4.07. The number of fused-ring (bicyclic) bond motifs is 2. The fourth-order valence-electron chi connectivity index (χ4n) is 2.99. The van der Waals surface area contributed by atoms with Crippen LogP contribution in [0.15, 0.2) is 54.9 Å². The fraction of sp³-hybridized carbons (Fsp3) is 0.150. The second-order valence-corrected chi connectivity index (χ2v) is 6.49. The van der Waals surface area contributed by atoms with E-state index in [1.165, 1.54) is 0 Å². The molecule has 0 saturated carbocycles. The van der Waals surface area contributed by atoms with Crippen molar-refractivity contribution in [3.8, 4) is 5.75 Å². The highest BCUT2D eigenvalue weighted by Crippen LogP contribution is 2.26. The summed E-state index contributed by atoms with van der Waals surface area (Å²) in [4.78, 5) is 17.0. The van der Waals surface area contributed by atoms with Crippen LogP contribution in [0.2, 0.25) is 0 Å². The molecule has 0 atom stereocenters. The molecule has 6 heteroatoms. The summed E-state index contributed by atoms with van der Waals surface area (Å²) in [6, 6.07) is 12.9. The van der Waals surface area contributed by atoms with E-state index in [9.17, 15) is 9.90 Å². The van der Waals surface area contributed by atoms with Gasteiger partial charge in [0.1, 0.15) is 5.75 Å². The van der Waals surface area contributed by atoms with Gasteiger partial charge in [0.25, 0.3) is 5.91 Å². The van der Waals surface area contributed by atoms with Crippen LogP contribution < -0.4 is 5.32 Å². The number of carbonyl (C=O) groups excluding carboxylic acids is 1. The van der Waals surface area contributed by atoms with Gasteiger partial charge in [0.05, 0.1) is 23.6 Å². The fourth-order valence-corrected chi connectivity index (χ4v) is 2.99. The first kappa shape index (κ1) is 16.1. The molecular formula is C20H18N4O2. The molecule has 26 heavy (non-hydrogen) atoms. The minimum atomic E-state index is -0.384. The number of hydrogen-bond donors (Lipinski definition) is 2. The number of aromatic nitrogens is 3. The van der Waals surface area contributed by atoms with Crippen LogP contribution in [0.5, 0.6) is 5.75 Å². The van der Waals surface area contributed by atoms with Gasteiger partial charge >= 0.3 is 0 Å². The van der Waals surface area contributed by atoms with Gasteiger partial charge in [-0.3, -0.25) is 4.79 Å². The van der Waals surface area contributed by atoms with Gasteiger partial charge in [0.15, 0.2) is 5.65 Å². The zero-order valence-corrected chi connectivity index (χ0v) is 14.5. The van der Waals surface area contributed by atoms with Gasteiger partial charge in [-0.05, 0) is 42.8 Å². The topological polar surface area (TPSA) is 80.0 Å². The summed E-state index contributed by atoms with van der Waals surface area (Å²) in [7, 11) is 0. The number of nitrogens with one attached hydrogen (secondary N) is 1. The van der Waals surface area contributed by atoms with Crippen molar-refractivity contribution in [2.45, 2.75) is 19.9 Å². The average molecular weight is 346 g/mol. The van der Waals surface area contributed by atoms with Crippen LogP contribution in [0.1, 0.15) is 30.2 Å². The predicted molar refractivity (Wildman–Crippen MR) is 101 cm³/mol. The molecule has 6 nitrogen and oxygen atoms in total. The third kappa shape index (κ3) is 2.75. The normalized spacial score (nSPS) is 11.3. The van der Waals surface area contributed by atoms with Gasteiger partial charge in [-0.2, -0.15) is 5.10 Å². The Morgan fingerprint density at radius 2 is 1.81 bits per heavy atom. The zero-order valence-electron chi connectivity index (χ0n) is 14.5. The lowest BCUT2D eigenvalue weighted by Gasteiger charge is -2.09. The van der Waals surface area contributed by atoms with Crippen LogP contribution in [-0.2, 0) is 0 Å². The summed E-state index contributed by atoms with van der Waals surface area (Å²) in [6.07, 6.45) is 3.32. The first-order valence-corrected chi connectivity index (χ1v) is 8.39. The summed E-state index contributed by atoms with van der Waals surface area (Å²) >= 11 is 0. The van der Waals surface area contributed by atoms with E-state index >= 15 is 0 Å². The van der Waals surface area contributed by atoms with Crippen LogP contribution in [0.25, 0.3) is 21.8 Å². The molecule has 0 aliphatic rings. The third-order valence-electron chi connectivity index (χ3n) is 4.29. The number of nitrogens with zero attached hydrogens (tertiary/aromatic N) is 3. The monoisotopic (exact) mass is 346 g/mol. The van der Waals surface area contributed by atoms with Crippen LogP contribution in [0, 0.1) is 0 Å². The molecule has 4 rings (SSSR count). The quantitative estimate of drug-likeness (QED) is 0.585. The molecule has 0 radical (unpaired) electrons. The van der Waals surface area contributed by atoms with E-state index in [4.69, 9.17) is 0 Å². The summed E-state index contributed by atoms with van der Waals surface area (Å²) in [5.41, 5.74) is 1.55. The molecule has 130 valence electrons. The van der Waals surface area contributed by atoms with Crippen LogP contribution in [0.4, 0.5) is 5.69 Å². The first-order chi connectivity index (χ1) is 12.5. The molecule has 0 bridgehead atoms. The summed E-state index contributed by atoms with van der Waals surface area (Å²) in [5.74, 6) is -0.437. The zero-order chi connectivity index (χ0) is 18.3. The Balaban J connectivity index is 1.66. The highest BCUT2D eigenvalue weighted by Gasteiger charge is 2.14. The summed E-state index contributed by atoms with van der Waals surface area (Å²) < 4.78 is 1.83. The standard InChI is InChI=1S/C20H18N4O2/c1-12(2)24-19-15(10-22-24)7-16(11-21-19)23-20(26)17-8-13-5-3-4-6-14(13)9-18(17)25/h3-12,25H,1-2H3,(H,23,26). The molecule has 1 amide bonds. The third-order valence-corrected chi connectivity index (χ3v) is 4.29. The number of phenols is 1. The van der Waals surface area contributed by atoms with E-state index in [1.54, 1.807) is 24.5 Å². The van der Waals surface area contributed by atoms with Gasteiger partial charge < -0.3 is 10.4 Å². The van der Waals surface area contributed by atoms with Crippen molar-refractivity contribution >= 4 is 33.4 Å². The number of hydrogen-bond acceptors (Lipinski definition) is 4. The molecule has 2 heterocycles. The largest absolute Gasteiger partial charge is 0.507 e. The second-order valence-electron chi connectivity index (χ2n) is 6.49. The molecule has 2 aromatic heterocycles. The molecule has 2 aromatic carbocycles. The van der Waals surface area contributed by atoms with Gasteiger partial charge in [-0.1, -0.05) is 24.3 Å². The minimum absolute atomic E-state index is 0.0529. The highest BCUT2D eigenvalue weighted by atomic mass is 16.3. The second kappa shape index (κ2) is 6.15. The van der Waals surface area contributed by atoms with Crippen LogP contribution in [0.3, 0.4) is 0 Å². The van der Waals surface area contributed by atoms with E-state index in [1.807, 2.05) is 48.9 Å². The maximum atomic E-state index is 12.6. The van der Waals surface area contributed by atoms with Crippen molar-refractivity contribution in [3.05, 3.63) is 60.4 Å². The number of anilines is 1. The van der Waals surface area contributed by atoms with Crippen molar-refractivity contribution in [3.63, 3.8) is 0 Å². The molecule has 0 unspecified atom stereocenters. The Morgan fingerprint density at radius 1 is 1.08 bits per heavy atom. The first-order valence-electron chi connectivity index (χ1n) is 8.39. The van der Waals surface area contributed by atoms with E-state index in [2.05, 4.69) is 15.4 Å². The molecule has 0 spiro atoms. The van der Waals surface area contributed by atoms with Gasteiger partial charge in [0, 0.05) is 11.4 Å². The maximum absolute atomic E-state index is 12.6. The number of carbonyl (C=O) groups is 1. The van der Waals surface area contributed by atoms with Crippen molar-refractivity contribution in [1.29, 1.82) is 0 Å². The van der Waals surface area contributed by atoms with E-state index < -0.39 is 0 Å². The Kier molecular flexibility index (Phi) is 3.80. The number of amides is 1. The highest BCUT2D eigenvalue weighted by molar-refractivity contribution is 6.09. The van der Waals surface area contributed by atoms with Crippen molar-refractivity contribution in [1.82, 2.24) is 14.8 Å². The van der Waals surface area contributed by atoms with Crippen LogP contribution in [-0.4, -0.2) is 25.8 Å². The van der Waals surface area contributed by atoms with Gasteiger partial charge in [0.2, 0.25) is 0 Å². The van der Waals surface area contributed by atoms with E-state index in [0.29, 0.717) is 5.69 Å². The molecule has 2 N–H and O–H groups in total. The molecule has 0 aliphatic carbocycles. The van der Waals surface area contributed by atoms with Crippen molar-refractivity contribution < 1.29 is 9.90 Å². The number of rotatable bonds is 3. The lowest BCUT2D eigenvalue weighted by atomic mass is 10.1.